The first kappa shape index (κ1) is 12.7. The van der Waals surface area contributed by atoms with Gasteiger partial charge in [0.1, 0.15) is 0 Å². The van der Waals surface area contributed by atoms with Gasteiger partial charge in [0.25, 0.3) is 0 Å². The Morgan fingerprint density at radius 2 is 1.88 bits per heavy atom. The molecule has 0 aromatic heterocycles. The minimum Gasteiger partial charge on any atom is -0.324 e. The molecule has 2 N–H and O–H groups in total. The normalized spacial score (nSPS) is 11.3. The monoisotopic (exact) mass is 220 g/mol. The highest BCUT2D eigenvalue weighted by Crippen LogP contribution is 2.19. The Bertz CT molecular complexity index is 397. The Hall–Kier alpha value is -1.35. The number of carbonyl (C=O) groups excluding carboxylic acids is 1. The van der Waals surface area contributed by atoms with Crippen molar-refractivity contribution in [2.75, 3.05) is 12.4 Å². The van der Waals surface area contributed by atoms with E-state index >= 15 is 0 Å². The van der Waals surface area contributed by atoms with E-state index in [1.165, 1.54) is 5.56 Å². The SMILES string of the molecule is CNC(C)(C)C(=O)Nc1cccc(C)c1C. The first-order valence-corrected chi connectivity index (χ1v) is 5.45. The zero-order chi connectivity index (χ0) is 12.3. The molecule has 0 aliphatic carbocycles. The number of likely N-dealkylation sites (N-methyl/N-ethyl adjacent to an activating group) is 1. The average Bonchev–Trinajstić information content (AvgIpc) is 2.24. The van der Waals surface area contributed by atoms with E-state index < -0.39 is 5.54 Å². The van der Waals surface area contributed by atoms with Crippen LogP contribution in [0.4, 0.5) is 5.69 Å². The fraction of sp³-hybridized carbons (Fsp3) is 0.462. The van der Waals surface area contributed by atoms with E-state index in [0.29, 0.717) is 0 Å². The second-order valence-corrected chi connectivity index (χ2v) is 4.58. The number of rotatable bonds is 3. The van der Waals surface area contributed by atoms with Crippen LogP contribution >= 0.6 is 0 Å². The molecule has 0 saturated carbocycles. The number of hydrogen-bond donors (Lipinski definition) is 2. The van der Waals surface area contributed by atoms with Gasteiger partial charge in [-0.3, -0.25) is 4.79 Å². The summed E-state index contributed by atoms with van der Waals surface area (Å²) < 4.78 is 0. The van der Waals surface area contributed by atoms with Crippen molar-refractivity contribution in [1.82, 2.24) is 5.32 Å². The molecular formula is C13H20N2O. The van der Waals surface area contributed by atoms with Gasteiger partial charge in [0.05, 0.1) is 5.54 Å². The summed E-state index contributed by atoms with van der Waals surface area (Å²) in [6.07, 6.45) is 0. The summed E-state index contributed by atoms with van der Waals surface area (Å²) >= 11 is 0. The van der Waals surface area contributed by atoms with Crippen LogP contribution in [0.25, 0.3) is 0 Å². The zero-order valence-electron chi connectivity index (χ0n) is 10.6. The highest BCUT2D eigenvalue weighted by atomic mass is 16.2. The number of amides is 1. The molecule has 16 heavy (non-hydrogen) atoms. The van der Waals surface area contributed by atoms with Crippen LogP contribution in [0.5, 0.6) is 0 Å². The van der Waals surface area contributed by atoms with Crippen LogP contribution in [-0.2, 0) is 4.79 Å². The molecule has 0 atom stereocenters. The lowest BCUT2D eigenvalue weighted by atomic mass is 10.0. The molecule has 1 amide bonds. The number of benzene rings is 1. The molecule has 0 heterocycles. The predicted octanol–water partition coefficient (Wildman–Crippen LogP) is 2.24. The molecule has 0 spiro atoms. The van der Waals surface area contributed by atoms with Crippen molar-refractivity contribution in [3.8, 4) is 0 Å². The third kappa shape index (κ3) is 2.61. The van der Waals surface area contributed by atoms with E-state index in [1.807, 2.05) is 45.9 Å². The van der Waals surface area contributed by atoms with Gasteiger partial charge in [-0.05, 0) is 51.9 Å². The Balaban J connectivity index is 2.90. The second kappa shape index (κ2) is 4.66. The van der Waals surface area contributed by atoms with Crippen LogP contribution in [0.3, 0.4) is 0 Å². The van der Waals surface area contributed by atoms with Crippen molar-refractivity contribution in [2.45, 2.75) is 33.2 Å². The predicted molar refractivity (Wildman–Crippen MR) is 67.7 cm³/mol. The first-order chi connectivity index (χ1) is 7.38. The summed E-state index contributed by atoms with van der Waals surface area (Å²) in [5.74, 6) is -0.0244. The van der Waals surface area contributed by atoms with E-state index in [-0.39, 0.29) is 5.91 Å². The Morgan fingerprint density at radius 1 is 1.25 bits per heavy atom. The van der Waals surface area contributed by atoms with Crippen molar-refractivity contribution < 1.29 is 4.79 Å². The topological polar surface area (TPSA) is 41.1 Å². The van der Waals surface area contributed by atoms with Gasteiger partial charge in [-0.15, -0.1) is 0 Å². The van der Waals surface area contributed by atoms with Gasteiger partial charge >= 0.3 is 0 Å². The highest BCUT2D eigenvalue weighted by molar-refractivity contribution is 5.98. The van der Waals surface area contributed by atoms with E-state index in [0.717, 1.165) is 11.3 Å². The highest BCUT2D eigenvalue weighted by Gasteiger charge is 2.25. The summed E-state index contributed by atoms with van der Waals surface area (Å²) in [6, 6.07) is 5.91. The molecule has 1 rings (SSSR count). The van der Waals surface area contributed by atoms with Gasteiger partial charge in [-0.25, -0.2) is 0 Å². The minimum absolute atomic E-state index is 0.0244. The number of anilines is 1. The van der Waals surface area contributed by atoms with Crippen molar-refractivity contribution >= 4 is 11.6 Å². The van der Waals surface area contributed by atoms with Crippen LogP contribution in [0.1, 0.15) is 25.0 Å². The maximum Gasteiger partial charge on any atom is 0.244 e. The smallest absolute Gasteiger partial charge is 0.244 e. The minimum atomic E-state index is -0.559. The largest absolute Gasteiger partial charge is 0.324 e. The standard InChI is InChI=1S/C13H20N2O/c1-9-7-6-8-11(10(9)2)15-12(16)13(3,4)14-5/h6-8,14H,1-5H3,(H,15,16). The molecule has 3 nitrogen and oxygen atoms in total. The molecule has 0 unspecified atom stereocenters. The number of carbonyl (C=O) groups is 1. The molecule has 0 fully saturated rings. The quantitative estimate of drug-likeness (QED) is 0.820. The molecular weight excluding hydrogens is 200 g/mol. The molecule has 0 aliphatic heterocycles. The van der Waals surface area contributed by atoms with Crippen molar-refractivity contribution in [1.29, 1.82) is 0 Å². The van der Waals surface area contributed by atoms with Gasteiger partial charge in [0.2, 0.25) is 5.91 Å². The van der Waals surface area contributed by atoms with Gasteiger partial charge in [0.15, 0.2) is 0 Å². The van der Waals surface area contributed by atoms with Crippen LogP contribution in [-0.4, -0.2) is 18.5 Å². The Morgan fingerprint density at radius 3 is 2.44 bits per heavy atom. The number of nitrogens with one attached hydrogen (secondary N) is 2. The third-order valence-electron chi connectivity index (χ3n) is 3.05. The maximum atomic E-state index is 12.0. The molecule has 0 aliphatic rings. The van der Waals surface area contributed by atoms with Crippen LogP contribution in [0.15, 0.2) is 18.2 Å². The Kier molecular flexibility index (Phi) is 3.70. The fourth-order valence-electron chi connectivity index (χ4n) is 1.28. The zero-order valence-corrected chi connectivity index (χ0v) is 10.6. The fourth-order valence-corrected chi connectivity index (χ4v) is 1.28. The lowest BCUT2D eigenvalue weighted by Gasteiger charge is -2.23. The molecule has 3 heteroatoms. The molecule has 88 valence electrons. The molecule has 0 saturated heterocycles. The van der Waals surface area contributed by atoms with Crippen LogP contribution < -0.4 is 10.6 Å². The van der Waals surface area contributed by atoms with E-state index in [9.17, 15) is 4.79 Å². The number of hydrogen-bond acceptors (Lipinski definition) is 2. The summed E-state index contributed by atoms with van der Waals surface area (Å²) in [7, 11) is 1.78. The lowest BCUT2D eigenvalue weighted by molar-refractivity contribution is -0.121. The van der Waals surface area contributed by atoms with Crippen LogP contribution in [0, 0.1) is 13.8 Å². The molecule has 0 bridgehead atoms. The van der Waals surface area contributed by atoms with Crippen molar-refractivity contribution in [2.24, 2.45) is 0 Å². The lowest BCUT2D eigenvalue weighted by Crippen LogP contribution is -2.48. The number of aryl methyl sites for hydroxylation is 1. The van der Waals surface area contributed by atoms with E-state index in [4.69, 9.17) is 0 Å². The first-order valence-electron chi connectivity index (χ1n) is 5.45. The van der Waals surface area contributed by atoms with Crippen molar-refractivity contribution in [3.63, 3.8) is 0 Å². The van der Waals surface area contributed by atoms with E-state index in [1.54, 1.807) is 7.05 Å². The van der Waals surface area contributed by atoms with E-state index in [2.05, 4.69) is 10.6 Å². The maximum absolute atomic E-state index is 12.0. The van der Waals surface area contributed by atoms with Crippen molar-refractivity contribution in [3.05, 3.63) is 29.3 Å². The van der Waals surface area contributed by atoms with Gasteiger partial charge in [0, 0.05) is 5.69 Å². The van der Waals surface area contributed by atoms with Crippen LogP contribution in [0.2, 0.25) is 0 Å². The summed E-state index contributed by atoms with van der Waals surface area (Å²) in [5, 5.41) is 5.92. The van der Waals surface area contributed by atoms with Gasteiger partial charge < -0.3 is 10.6 Å². The average molecular weight is 220 g/mol. The van der Waals surface area contributed by atoms with Gasteiger partial charge in [-0.2, -0.15) is 0 Å². The summed E-state index contributed by atoms with van der Waals surface area (Å²) in [5.41, 5.74) is 2.62. The Labute approximate surface area is 97.2 Å². The molecule has 1 aromatic rings. The summed E-state index contributed by atoms with van der Waals surface area (Å²) in [6.45, 7) is 7.76. The molecule has 1 aromatic carbocycles. The molecule has 0 radical (unpaired) electrons. The second-order valence-electron chi connectivity index (χ2n) is 4.58. The third-order valence-corrected chi connectivity index (χ3v) is 3.05. The summed E-state index contributed by atoms with van der Waals surface area (Å²) in [4.78, 5) is 12.0. The van der Waals surface area contributed by atoms with Gasteiger partial charge in [-0.1, -0.05) is 12.1 Å².